The molecule has 1 amide bonds. The average Bonchev–Trinajstić information content (AvgIpc) is 2.65. The lowest BCUT2D eigenvalue weighted by Gasteiger charge is -2.19. The van der Waals surface area contributed by atoms with Gasteiger partial charge in [-0.05, 0) is 46.5 Å². The van der Waals surface area contributed by atoms with Gasteiger partial charge in [0.2, 0.25) is 0 Å². The smallest absolute Gasteiger partial charge is 0.265 e. The molecule has 0 saturated carbocycles. The van der Waals surface area contributed by atoms with Crippen molar-refractivity contribution in [2.75, 3.05) is 11.1 Å². The van der Waals surface area contributed by atoms with Gasteiger partial charge in [-0.2, -0.15) is 0 Å². The molecule has 1 heterocycles. The van der Waals surface area contributed by atoms with Gasteiger partial charge in [-0.3, -0.25) is 4.79 Å². The molecule has 21 heavy (non-hydrogen) atoms. The van der Waals surface area contributed by atoms with E-state index in [2.05, 4.69) is 29.5 Å². The van der Waals surface area contributed by atoms with Crippen LogP contribution in [0.2, 0.25) is 0 Å². The highest BCUT2D eigenvalue weighted by Crippen LogP contribution is 2.27. The first-order chi connectivity index (χ1) is 9.58. The summed E-state index contributed by atoms with van der Waals surface area (Å²) in [6.45, 7) is 12.5. The van der Waals surface area contributed by atoms with Crippen molar-refractivity contribution in [3.63, 3.8) is 0 Å². The van der Waals surface area contributed by atoms with Crippen LogP contribution in [0.1, 0.15) is 64.1 Å². The lowest BCUT2D eigenvalue weighted by molar-refractivity contribution is 0.0942. The highest BCUT2D eigenvalue weighted by molar-refractivity contribution is 7.18. The Kier molecular flexibility index (Phi) is 6.01. The summed E-state index contributed by atoms with van der Waals surface area (Å²) in [6.07, 6.45) is 2.06. The normalized spacial score (nSPS) is 13.3. The van der Waals surface area contributed by atoms with Crippen molar-refractivity contribution in [3.8, 4) is 0 Å². The van der Waals surface area contributed by atoms with Gasteiger partial charge in [-0.1, -0.05) is 25.2 Å². The molecule has 0 aromatic carbocycles. The van der Waals surface area contributed by atoms with Crippen molar-refractivity contribution in [1.29, 1.82) is 0 Å². The topological polar surface area (TPSA) is 80.0 Å². The Hall–Kier alpha value is -1.30. The van der Waals surface area contributed by atoms with Crippen molar-refractivity contribution in [2.24, 2.45) is 5.92 Å². The number of hydrogen-bond donors (Lipinski definition) is 3. The molecular weight excluding hydrogens is 284 g/mol. The predicted octanol–water partition coefficient (Wildman–Crippen LogP) is 3.49. The van der Waals surface area contributed by atoms with Gasteiger partial charge < -0.3 is 16.4 Å². The Labute approximate surface area is 131 Å². The van der Waals surface area contributed by atoms with Crippen molar-refractivity contribution in [3.05, 3.63) is 4.88 Å². The maximum Gasteiger partial charge on any atom is 0.265 e. The third-order valence-corrected chi connectivity index (χ3v) is 3.88. The molecule has 1 rings (SSSR count). The SMILES string of the molecule is CC(C)CCC(C)NC(=O)c1sc(NC(C)(C)C)nc1N. The second-order valence-corrected chi connectivity index (χ2v) is 7.95. The fourth-order valence-corrected chi connectivity index (χ4v) is 2.81. The highest BCUT2D eigenvalue weighted by atomic mass is 32.1. The molecule has 6 heteroatoms. The lowest BCUT2D eigenvalue weighted by Crippen LogP contribution is -2.32. The molecule has 0 fully saturated rings. The van der Waals surface area contributed by atoms with E-state index in [-0.39, 0.29) is 17.5 Å². The van der Waals surface area contributed by atoms with Gasteiger partial charge in [0, 0.05) is 11.6 Å². The minimum absolute atomic E-state index is 0.109. The number of nitrogens with zero attached hydrogens (tertiary/aromatic N) is 1. The van der Waals surface area contributed by atoms with Crippen molar-refractivity contribution >= 4 is 28.2 Å². The summed E-state index contributed by atoms with van der Waals surface area (Å²) in [4.78, 5) is 17.0. The van der Waals surface area contributed by atoms with E-state index in [1.54, 1.807) is 0 Å². The van der Waals surface area contributed by atoms with Crippen LogP contribution in [0.5, 0.6) is 0 Å². The molecule has 120 valence electrons. The van der Waals surface area contributed by atoms with Gasteiger partial charge in [0.15, 0.2) is 5.13 Å². The van der Waals surface area contributed by atoms with Crippen LogP contribution >= 0.6 is 11.3 Å². The number of thiazole rings is 1. The number of anilines is 2. The quantitative estimate of drug-likeness (QED) is 0.751. The minimum Gasteiger partial charge on any atom is -0.382 e. The number of nitrogens with one attached hydrogen (secondary N) is 2. The number of carbonyl (C=O) groups is 1. The maximum absolute atomic E-state index is 12.3. The van der Waals surface area contributed by atoms with Crippen LogP contribution in [0.4, 0.5) is 10.9 Å². The Morgan fingerprint density at radius 2 is 1.90 bits per heavy atom. The monoisotopic (exact) mass is 312 g/mol. The molecule has 5 nitrogen and oxygen atoms in total. The van der Waals surface area contributed by atoms with Crippen LogP contribution in [0.25, 0.3) is 0 Å². The number of aromatic nitrogens is 1. The van der Waals surface area contributed by atoms with Crippen molar-refractivity contribution in [1.82, 2.24) is 10.3 Å². The third-order valence-electron chi connectivity index (χ3n) is 2.90. The number of hydrogen-bond acceptors (Lipinski definition) is 5. The third kappa shape index (κ3) is 6.33. The van der Waals surface area contributed by atoms with E-state index in [4.69, 9.17) is 5.73 Å². The van der Waals surface area contributed by atoms with Gasteiger partial charge >= 0.3 is 0 Å². The number of rotatable bonds is 6. The summed E-state index contributed by atoms with van der Waals surface area (Å²) in [5, 5.41) is 6.91. The Bertz CT molecular complexity index is 477. The second kappa shape index (κ2) is 7.11. The van der Waals surface area contributed by atoms with Crippen LogP contribution < -0.4 is 16.4 Å². The van der Waals surface area contributed by atoms with Crippen LogP contribution in [0.3, 0.4) is 0 Å². The van der Waals surface area contributed by atoms with Crippen LogP contribution in [-0.4, -0.2) is 22.5 Å². The molecule has 0 aliphatic carbocycles. The fourth-order valence-electron chi connectivity index (χ4n) is 1.81. The first-order valence-electron chi connectivity index (χ1n) is 7.44. The minimum atomic E-state index is -0.136. The van der Waals surface area contributed by atoms with E-state index in [1.165, 1.54) is 11.3 Å². The summed E-state index contributed by atoms with van der Waals surface area (Å²) in [6, 6.07) is 0.139. The van der Waals surface area contributed by atoms with E-state index < -0.39 is 0 Å². The van der Waals surface area contributed by atoms with Crippen molar-refractivity contribution < 1.29 is 4.79 Å². The number of nitrogens with two attached hydrogens (primary N) is 1. The summed E-state index contributed by atoms with van der Waals surface area (Å²) < 4.78 is 0. The Balaban J connectivity index is 2.66. The van der Waals surface area contributed by atoms with Gasteiger partial charge in [0.05, 0.1) is 0 Å². The largest absolute Gasteiger partial charge is 0.382 e. The zero-order chi connectivity index (χ0) is 16.2. The Morgan fingerprint density at radius 1 is 1.29 bits per heavy atom. The summed E-state index contributed by atoms with van der Waals surface area (Å²) in [5.74, 6) is 0.795. The van der Waals surface area contributed by atoms with Gasteiger partial charge in [0.25, 0.3) is 5.91 Å². The molecule has 0 aliphatic rings. The molecule has 1 aromatic heterocycles. The average molecular weight is 312 g/mol. The zero-order valence-electron chi connectivity index (χ0n) is 13.9. The number of amides is 1. The molecule has 1 unspecified atom stereocenters. The fraction of sp³-hybridized carbons (Fsp3) is 0.733. The molecule has 1 atom stereocenters. The van der Waals surface area contributed by atoms with E-state index in [1.807, 2.05) is 27.7 Å². The molecule has 0 bridgehead atoms. The van der Waals surface area contributed by atoms with E-state index in [0.717, 1.165) is 12.8 Å². The van der Waals surface area contributed by atoms with E-state index >= 15 is 0 Å². The van der Waals surface area contributed by atoms with Gasteiger partial charge in [-0.15, -0.1) is 0 Å². The number of nitrogen functional groups attached to an aromatic ring is 1. The molecule has 1 aromatic rings. The summed E-state index contributed by atoms with van der Waals surface area (Å²) >= 11 is 1.30. The summed E-state index contributed by atoms with van der Waals surface area (Å²) in [7, 11) is 0. The first kappa shape index (κ1) is 17.8. The standard InChI is InChI=1S/C15H28N4OS/c1-9(2)7-8-10(3)17-13(20)11-12(16)18-14(21-11)19-15(4,5)6/h9-10H,7-8,16H2,1-6H3,(H,17,20)(H,18,19). The number of carbonyl (C=O) groups excluding carboxylic acids is 1. The molecular formula is C15H28N4OS. The van der Waals surface area contributed by atoms with Crippen LogP contribution in [0.15, 0.2) is 0 Å². The molecule has 0 radical (unpaired) electrons. The van der Waals surface area contributed by atoms with Gasteiger partial charge in [-0.25, -0.2) is 4.98 Å². The highest BCUT2D eigenvalue weighted by Gasteiger charge is 2.20. The lowest BCUT2D eigenvalue weighted by atomic mass is 10.0. The van der Waals surface area contributed by atoms with E-state index in [0.29, 0.717) is 21.7 Å². The Morgan fingerprint density at radius 3 is 2.43 bits per heavy atom. The zero-order valence-corrected chi connectivity index (χ0v) is 14.7. The molecule has 0 aliphatic heterocycles. The summed E-state index contributed by atoms with van der Waals surface area (Å²) in [5.41, 5.74) is 5.75. The van der Waals surface area contributed by atoms with Crippen LogP contribution in [0, 0.1) is 5.92 Å². The molecule has 0 spiro atoms. The predicted molar refractivity (Wildman–Crippen MR) is 90.9 cm³/mol. The van der Waals surface area contributed by atoms with Crippen LogP contribution in [-0.2, 0) is 0 Å². The second-order valence-electron chi connectivity index (χ2n) is 6.95. The molecule has 4 N–H and O–H groups in total. The van der Waals surface area contributed by atoms with Crippen molar-refractivity contribution in [2.45, 2.75) is 66.0 Å². The first-order valence-corrected chi connectivity index (χ1v) is 8.25. The van der Waals surface area contributed by atoms with E-state index in [9.17, 15) is 4.79 Å². The maximum atomic E-state index is 12.3. The van der Waals surface area contributed by atoms with Gasteiger partial charge in [0.1, 0.15) is 10.7 Å². The molecule has 0 saturated heterocycles.